The summed E-state index contributed by atoms with van der Waals surface area (Å²) in [5.74, 6) is 5.69. The van der Waals surface area contributed by atoms with Crippen LogP contribution >= 0.6 is 0 Å². The first-order valence-electron chi connectivity index (χ1n) is 6.47. The van der Waals surface area contributed by atoms with Crippen molar-refractivity contribution in [2.75, 3.05) is 37.5 Å². The normalized spacial score (nSPS) is 10.1. The predicted molar refractivity (Wildman–Crippen MR) is 79.9 cm³/mol. The fraction of sp³-hybridized carbons (Fsp3) is 0.500. The number of carbonyl (C=O) groups is 1. The summed E-state index contributed by atoms with van der Waals surface area (Å²) in [7, 11) is 3.31. The highest BCUT2D eigenvalue weighted by Gasteiger charge is 2.18. The van der Waals surface area contributed by atoms with E-state index in [1.165, 1.54) is 17.0 Å². The lowest BCUT2D eigenvalue weighted by Crippen LogP contribution is -2.37. The van der Waals surface area contributed by atoms with Crippen molar-refractivity contribution < 1.29 is 9.72 Å². The molecule has 0 bridgehead atoms. The van der Waals surface area contributed by atoms with Crippen molar-refractivity contribution in [3.63, 3.8) is 0 Å². The molecule has 0 aliphatic carbocycles. The molecular weight excluding hydrogens is 276 g/mol. The number of amides is 1. The summed E-state index contributed by atoms with van der Waals surface area (Å²) in [6, 6.07) is 2.57. The molecule has 0 aliphatic rings. The van der Waals surface area contributed by atoms with E-state index in [-0.39, 0.29) is 24.0 Å². The molecule has 0 spiro atoms. The molecule has 0 saturated carbocycles. The van der Waals surface area contributed by atoms with Gasteiger partial charge in [-0.15, -0.1) is 0 Å². The van der Waals surface area contributed by atoms with Crippen LogP contribution in [-0.2, 0) is 4.79 Å². The average molecular weight is 296 g/mol. The van der Waals surface area contributed by atoms with Crippen molar-refractivity contribution in [3.8, 4) is 0 Å². The van der Waals surface area contributed by atoms with Crippen LogP contribution in [-0.4, -0.2) is 47.9 Å². The SMILES string of the molecule is CCCN(CC(=O)N(C)C)c1cc([N+](=O)[O-])cc(NN)n1. The van der Waals surface area contributed by atoms with Crippen molar-refractivity contribution in [2.45, 2.75) is 13.3 Å². The fourth-order valence-electron chi connectivity index (χ4n) is 1.69. The quantitative estimate of drug-likeness (QED) is 0.429. The molecule has 0 aliphatic heterocycles. The van der Waals surface area contributed by atoms with E-state index in [9.17, 15) is 14.9 Å². The molecular formula is C12H20N6O3. The van der Waals surface area contributed by atoms with Crippen molar-refractivity contribution in [1.82, 2.24) is 9.88 Å². The smallest absolute Gasteiger partial charge is 0.276 e. The van der Waals surface area contributed by atoms with Gasteiger partial charge in [-0.2, -0.15) is 0 Å². The lowest BCUT2D eigenvalue weighted by atomic mass is 10.3. The van der Waals surface area contributed by atoms with Crippen LogP contribution in [0.5, 0.6) is 0 Å². The zero-order valence-corrected chi connectivity index (χ0v) is 12.4. The third-order valence-corrected chi connectivity index (χ3v) is 2.80. The van der Waals surface area contributed by atoms with Gasteiger partial charge < -0.3 is 15.2 Å². The molecule has 0 aromatic carbocycles. The minimum Gasteiger partial charge on any atom is -0.347 e. The van der Waals surface area contributed by atoms with Crippen LogP contribution in [0.25, 0.3) is 0 Å². The molecule has 3 N–H and O–H groups in total. The number of anilines is 2. The number of carbonyl (C=O) groups excluding carboxylic acids is 1. The Morgan fingerprint density at radius 3 is 2.62 bits per heavy atom. The Kier molecular flexibility index (Phi) is 5.85. The van der Waals surface area contributed by atoms with Gasteiger partial charge >= 0.3 is 0 Å². The lowest BCUT2D eigenvalue weighted by molar-refractivity contribution is -0.384. The Hall–Kier alpha value is -2.42. The number of hydrogen-bond acceptors (Lipinski definition) is 7. The summed E-state index contributed by atoms with van der Waals surface area (Å²) in [6.45, 7) is 2.60. The number of nitro groups is 1. The van der Waals surface area contributed by atoms with E-state index >= 15 is 0 Å². The van der Waals surface area contributed by atoms with E-state index in [2.05, 4.69) is 10.4 Å². The Bertz CT molecular complexity index is 520. The van der Waals surface area contributed by atoms with Gasteiger partial charge in [-0.1, -0.05) is 6.92 Å². The number of pyridine rings is 1. The topological polar surface area (TPSA) is 118 Å². The molecule has 1 rings (SSSR count). The molecule has 1 aromatic heterocycles. The zero-order chi connectivity index (χ0) is 16.0. The number of nitrogens with one attached hydrogen (secondary N) is 1. The number of aromatic nitrogens is 1. The van der Waals surface area contributed by atoms with Crippen LogP contribution in [0.3, 0.4) is 0 Å². The van der Waals surface area contributed by atoms with E-state index in [1.54, 1.807) is 19.0 Å². The van der Waals surface area contributed by atoms with E-state index < -0.39 is 4.92 Å². The minimum atomic E-state index is -0.524. The highest BCUT2D eigenvalue weighted by atomic mass is 16.6. The number of rotatable bonds is 7. The number of nitrogens with zero attached hydrogens (tertiary/aromatic N) is 4. The molecule has 0 saturated heterocycles. The van der Waals surface area contributed by atoms with Crippen LogP contribution in [0.1, 0.15) is 13.3 Å². The molecule has 0 fully saturated rings. The Balaban J connectivity index is 3.14. The summed E-state index contributed by atoms with van der Waals surface area (Å²) in [6.07, 6.45) is 0.774. The standard InChI is InChI=1S/C12H20N6O3/c1-4-5-17(8-12(19)16(2)3)11-7-9(18(20)21)6-10(14-11)15-13/h6-7H,4-5,8,13H2,1-3H3,(H,14,15). The molecule has 0 unspecified atom stereocenters. The number of hydrogen-bond donors (Lipinski definition) is 2. The van der Waals surface area contributed by atoms with Gasteiger partial charge in [0.15, 0.2) is 0 Å². The average Bonchev–Trinajstić information content (AvgIpc) is 2.45. The molecule has 9 heteroatoms. The second-order valence-corrected chi connectivity index (χ2v) is 4.68. The number of likely N-dealkylation sites (N-methyl/N-ethyl adjacent to an activating group) is 1. The fourth-order valence-corrected chi connectivity index (χ4v) is 1.69. The van der Waals surface area contributed by atoms with Crippen molar-refractivity contribution in [2.24, 2.45) is 5.84 Å². The van der Waals surface area contributed by atoms with Gasteiger partial charge in [0, 0.05) is 20.6 Å². The summed E-state index contributed by atoms with van der Waals surface area (Å²) in [4.78, 5) is 29.6. The molecule has 0 radical (unpaired) electrons. The lowest BCUT2D eigenvalue weighted by Gasteiger charge is -2.24. The Labute approximate surface area is 122 Å². The first-order chi connectivity index (χ1) is 9.88. The minimum absolute atomic E-state index is 0.0962. The number of hydrazine groups is 1. The predicted octanol–water partition coefficient (Wildman–Crippen LogP) is 0.580. The molecule has 116 valence electrons. The van der Waals surface area contributed by atoms with E-state index in [0.29, 0.717) is 12.4 Å². The second kappa shape index (κ2) is 7.39. The van der Waals surface area contributed by atoms with Gasteiger partial charge in [-0.25, -0.2) is 10.8 Å². The van der Waals surface area contributed by atoms with Crippen LogP contribution in [0, 0.1) is 10.1 Å². The Morgan fingerprint density at radius 1 is 1.48 bits per heavy atom. The highest BCUT2D eigenvalue weighted by Crippen LogP contribution is 2.23. The van der Waals surface area contributed by atoms with Crippen LogP contribution in [0.2, 0.25) is 0 Å². The first-order valence-corrected chi connectivity index (χ1v) is 6.47. The highest BCUT2D eigenvalue weighted by molar-refractivity contribution is 5.81. The van der Waals surface area contributed by atoms with Gasteiger partial charge in [0.2, 0.25) is 5.91 Å². The number of nitrogens with two attached hydrogens (primary N) is 1. The third kappa shape index (κ3) is 4.56. The molecule has 9 nitrogen and oxygen atoms in total. The maximum atomic E-state index is 11.9. The largest absolute Gasteiger partial charge is 0.347 e. The summed E-state index contributed by atoms with van der Waals surface area (Å²) < 4.78 is 0. The summed E-state index contributed by atoms with van der Waals surface area (Å²) in [5.41, 5.74) is 2.17. The van der Waals surface area contributed by atoms with Gasteiger partial charge in [-0.3, -0.25) is 14.9 Å². The molecule has 0 atom stereocenters. The van der Waals surface area contributed by atoms with Crippen molar-refractivity contribution in [1.29, 1.82) is 0 Å². The zero-order valence-electron chi connectivity index (χ0n) is 12.4. The maximum Gasteiger partial charge on any atom is 0.276 e. The molecule has 1 heterocycles. The van der Waals surface area contributed by atoms with Crippen molar-refractivity contribution >= 4 is 23.2 Å². The maximum absolute atomic E-state index is 11.9. The van der Waals surface area contributed by atoms with E-state index in [4.69, 9.17) is 5.84 Å². The number of nitrogen functional groups attached to an aromatic ring is 1. The first kappa shape index (κ1) is 16.6. The van der Waals surface area contributed by atoms with Gasteiger partial charge in [0.25, 0.3) is 5.69 Å². The molecule has 1 amide bonds. The van der Waals surface area contributed by atoms with E-state index in [1.807, 2.05) is 6.92 Å². The van der Waals surface area contributed by atoms with Gasteiger partial charge in [0.1, 0.15) is 11.6 Å². The summed E-state index contributed by atoms with van der Waals surface area (Å²) >= 11 is 0. The van der Waals surface area contributed by atoms with Crippen LogP contribution in [0.4, 0.5) is 17.3 Å². The molecule has 21 heavy (non-hydrogen) atoms. The van der Waals surface area contributed by atoms with Crippen molar-refractivity contribution in [3.05, 3.63) is 22.2 Å². The second-order valence-electron chi connectivity index (χ2n) is 4.68. The Morgan fingerprint density at radius 2 is 2.14 bits per heavy atom. The van der Waals surface area contributed by atoms with Crippen LogP contribution < -0.4 is 16.2 Å². The summed E-state index contributed by atoms with van der Waals surface area (Å²) in [5, 5.41) is 10.9. The van der Waals surface area contributed by atoms with Gasteiger partial charge in [-0.05, 0) is 6.42 Å². The van der Waals surface area contributed by atoms with E-state index in [0.717, 1.165) is 6.42 Å². The van der Waals surface area contributed by atoms with Gasteiger partial charge in [0.05, 0.1) is 23.6 Å². The molecule has 1 aromatic rings. The third-order valence-electron chi connectivity index (χ3n) is 2.80. The van der Waals surface area contributed by atoms with Crippen LogP contribution in [0.15, 0.2) is 12.1 Å². The monoisotopic (exact) mass is 296 g/mol.